The highest BCUT2D eigenvalue weighted by molar-refractivity contribution is 6.32. The molecule has 0 atom stereocenters. The Labute approximate surface area is 192 Å². The maximum absolute atomic E-state index is 12.3. The molecule has 3 aromatic carbocycles. The molecular formula is C22H16Cl2N4O4. The molecule has 32 heavy (non-hydrogen) atoms. The molecule has 0 saturated carbocycles. The maximum Gasteiger partial charge on any atom is 0.326 e. The van der Waals surface area contributed by atoms with Crippen molar-refractivity contribution in [1.29, 1.82) is 0 Å². The quantitative estimate of drug-likeness (QED) is 0.236. The summed E-state index contributed by atoms with van der Waals surface area (Å²) in [7, 11) is 0. The minimum absolute atomic E-state index is 0.289. The van der Waals surface area contributed by atoms with Gasteiger partial charge in [0.2, 0.25) is 5.95 Å². The Morgan fingerprint density at radius 2 is 1.69 bits per heavy atom. The van der Waals surface area contributed by atoms with E-state index in [-0.39, 0.29) is 5.02 Å². The zero-order valence-corrected chi connectivity index (χ0v) is 18.1. The zero-order chi connectivity index (χ0) is 22.7. The largest absolute Gasteiger partial charge is 0.456 e. The Morgan fingerprint density at radius 3 is 2.41 bits per heavy atom. The number of hydrogen-bond donors (Lipinski definition) is 3. The molecule has 0 aliphatic carbocycles. The Kier molecular flexibility index (Phi) is 6.16. The van der Waals surface area contributed by atoms with Crippen molar-refractivity contribution >= 4 is 57.9 Å². The third-order valence-electron chi connectivity index (χ3n) is 4.18. The van der Waals surface area contributed by atoms with E-state index in [1.165, 1.54) is 13.0 Å². The Bertz CT molecular complexity index is 1310. The van der Waals surface area contributed by atoms with Crippen molar-refractivity contribution in [2.24, 2.45) is 0 Å². The maximum atomic E-state index is 12.3. The summed E-state index contributed by atoms with van der Waals surface area (Å²) in [5, 5.41) is 6.20. The normalized spacial score (nSPS) is 10.6. The molecule has 0 spiro atoms. The van der Waals surface area contributed by atoms with E-state index in [2.05, 4.69) is 20.6 Å². The van der Waals surface area contributed by atoms with E-state index in [4.69, 9.17) is 32.7 Å². The van der Waals surface area contributed by atoms with Gasteiger partial charge in [0.15, 0.2) is 0 Å². The molecule has 2 amide bonds. The van der Waals surface area contributed by atoms with Crippen molar-refractivity contribution in [3.63, 3.8) is 0 Å². The Hall–Kier alpha value is -3.75. The predicted molar refractivity (Wildman–Crippen MR) is 123 cm³/mol. The molecule has 0 unspecified atom stereocenters. The molecule has 0 aliphatic rings. The number of nitrogens with one attached hydrogen (secondary N) is 3. The topological polar surface area (TPSA) is 105 Å². The number of nitrogens with zero attached hydrogens (tertiary/aromatic N) is 1. The number of rotatable bonds is 5. The summed E-state index contributed by atoms with van der Waals surface area (Å²) in [6.07, 6.45) is 0. The first-order valence-electron chi connectivity index (χ1n) is 9.35. The van der Waals surface area contributed by atoms with E-state index in [9.17, 15) is 9.59 Å². The first-order chi connectivity index (χ1) is 15.4. The molecule has 0 aliphatic heterocycles. The van der Waals surface area contributed by atoms with Gasteiger partial charge in [0.05, 0.1) is 16.1 Å². The molecule has 4 rings (SSSR count). The first-order valence-corrected chi connectivity index (χ1v) is 10.1. The number of H-pyrrole nitrogens is 1. The number of benzene rings is 3. The second-order valence-corrected chi connectivity index (χ2v) is 7.48. The van der Waals surface area contributed by atoms with Crippen LogP contribution in [-0.4, -0.2) is 22.0 Å². The summed E-state index contributed by atoms with van der Waals surface area (Å²) < 4.78 is 10.7. The molecular weight excluding hydrogens is 455 g/mol. The number of hydrogen-bond acceptors (Lipinski definition) is 5. The van der Waals surface area contributed by atoms with Crippen molar-refractivity contribution in [2.75, 3.05) is 10.6 Å². The van der Waals surface area contributed by atoms with Crippen molar-refractivity contribution in [3.05, 3.63) is 70.7 Å². The molecule has 8 nitrogen and oxygen atoms in total. The molecule has 0 fully saturated rings. The third-order valence-corrected chi connectivity index (χ3v) is 4.71. The second kappa shape index (κ2) is 9.17. The number of esters is 1. The average Bonchev–Trinajstić information content (AvgIpc) is 3.12. The summed E-state index contributed by atoms with van der Waals surface area (Å²) in [5.74, 6) is 1.09. The SMILES string of the molecule is CC(=O)Oc1ccc(Oc2ccc(NC(=O)Nc3nc4ccc(Cl)cc4[nH]3)cc2)c(Cl)c1. The molecule has 0 bridgehead atoms. The van der Waals surface area contributed by atoms with Crippen LogP contribution in [-0.2, 0) is 4.79 Å². The lowest BCUT2D eigenvalue weighted by atomic mass is 10.3. The van der Waals surface area contributed by atoms with Crippen LogP contribution in [0.25, 0.3) is 11.0 Å². The second-order valence-electron chi connectivity index (χ2n) is 6.64. The number of anilines is 2. The molecule has 10 heteroatoms. The number of aromatic nitrogens is 2. The van der Waals surface area contributed by atoms with Gasteiger partial charge in [-0.2, -0.15) is 0 Å². The zero-order valence-electron chi connectivity index (χ0n) is 16.6. The van der Waals surface area contributed by atoms with Gasteiger partial charge in [0.1, 0.15) is 17.2 Å². The molecule has 4 aromatic rings. The molecule has 0 radical (unpaired) electrons. The van der Waals surface area contributed by atoms with Crippen molar-refractivity contribution in [2.45, 2.75) is 6.92 Å². The Balaban J connectivity index is 1.36. The van der Waals surface area contributed by atoms with Crippen LogP contribution in [0.15, 0.2) is 60.7 Å². The lowest BCUT2D eigenvalue weighted by Gasteiger charge is -2.10. The number of amides is 2. The number of carbonyl (C=O) groups excluding carboxylic acids is 2. The van der Waals surface area contributed by atoms with Crippen LogP contribution in [0, 0.1) is 0 Å². The van der Waals surface area contributed by atoms with Crippen LogP contribution in [0.5, 0.6) is 17.2 Å². The standard InChI is InChI=1S/C22H16Cl2N4O4/c1-12(29)31-16-7-9-20(17(24)11-16)32-15-5-3-14(4-6-15)25-22(30)28-21-26-18-8-2-13(23)10-19(18)27-21/h2-11H,1H3,(H3,25,26,27,28,30). The van der Waals surface area contributed by atoms with Gasteiger partial charge in [-0.15, -0.1) is 0 Å². The number of ether oxygens (including phenoxy) is 2. The number of carbonyl (C=O) groups is 2. The van der Waals surface area contributed by atoms with Gasteiger partial charge in [0, 0.05) is 23.7 Å². The summed E-state index contributed by atoms with van der Waals surface area (Å²) in [6.45, 7) is 1.31. The smallest absolute Gasteiger partial charge is 0.326 e. The number of aromatic amines is 1. The fourth-order valence-corrected chi connectivity index (χ4v) is 3.22. The van der Waals surface area contributed by atoms with Crippen LogP contribution in [0.2, 0.25) is 10.0 Å². The monoisotopic (exact) mass is 470 g/mol. The fraction of sp³-hybridized carbons (Fsp3) is 0.0455. The molecule has 1 heterocycles. The number of urea groups is 1. The van der Waals surface area contributed by atoms with E-state index in [1.54, 1.807) is 54.6 Å². The summed E-state index contributed by atoms with van der Waals surface area (Å²) >= 11 is 12.1. The molecule has 1 aromatic heterocycles. The van der Waals surface area contributed by atoms with Crippen LogP contribution in [0.4, 0.5) is 16.4 Å². The minimum Gasteiger partial charge on any atom is -0.456 e. The van der Waals surface area contributed by atoms with E-state index >= 15 is 0 Å². The van der Waals surface area contributed by atoms with Crippen LogP contribution >= 0.6 is 23.2 Å². The molecule has 0 saturated heterocycles. The summed E-state index contributed by atoms with van der Waals surface area (Å²) in [5.41, 5.74) is 1.95. The number of halogens is 2. The fourth-order valence-electron chi connectivity index (χ4n) is 2.84. The number of fused-ring (bicyclic) bond motifs is 1. The van der Waals surface area contributed by atoms with E-state index < -0.39 is 12.0 Å². The van der Waals surface area contributed by atoms with Gasteiger partial charge in [-0.1, -0.05) is 23.2 Å². The average molecular weight is 471 g/mol. The first kappa shape index (κ1) is 21.5. The summed E-state index contributed by atoms with van der Waals surface area (Å²) in [6, 6.07) is 16.1. The van der Waals surface area contributed by atoms with Crippen LogP contribution < -0.4 is 20.1 Å². The van der Waals surface area contributed by atoms with Crippen molar-refractivity contribution in [1.82, 2.24) is 9.97 Å². The highest BCUT2D eigenvalue weighted by Gasteiger charge is 2.09. The van der Waals surface area contributed by atoms with Gasteiger partial charge >= 0.3 is 12.0 Å². The van der Waals surface area contributed by atoms with Gasteiger partial charge in [-0.3, -0.25) is 10.1 Å². The van der Waals surface area contributed by atoms with Gasteiger partial charge in [-0.25, -0.2) is 9.78 Å². The van der Waals surface area contributed by atoms with Crippen molar-refractivity contribution < 1.29 is 19.1 Å². The highest BCUT2D eigenvalue weighted by Crippen LogP contribution is 2.33. The minimum atomic E-state index is -0.465. The lowest BCUT2D eigenvalue weighted by molar-refractivity contribution is -0.131. The Morgan fingerprint density at radius 1 is 0.938 bits per heavy atom. The van der Waals surface area contributed by atoms with E-state index in [1.807, 2.05) is 0 Å². The highest BCUT2D eigenvalue weighted by atomic mass is 35.5. The van der Waals surface area contributed by atoms with Crippen LogP contribution in [0.3, 0.4) is 0 Å². The summed E-state index contributed by atoms with van der Waals surface area (Å²) in [4.78, 5) is 30.5. The number of imidazole rings is 1. The van der Waals surface area contributed by atoms with Gasteiger partial charge in [-0.05, 0) is 54.6 Å². The van der Waals surface area contributed by atoms with Gasteiger partial charge < -0.3 is 19.8 Å². The third kappa shape index (κ3) is 5.29. The van der Waals surface area contributed by atoms with E-state index in [0.717, 1.165) is 0 Å². The lowest BCUT2D eigenvalue weighted by Crippen LogP contribution is -2.20. The van der Waals surface area contributed by atoms with Gasteiger partial charge in [0.25, 0.3) is 0 Å². The van der Waals surface area contributed by atoms with Crippen molar-refractivity contribution in [3.8, 4) is 17.2 Å². The molecule has 162 valence electrons. The van der Waals surface area contributed by atoms with E-state index in [0.29, 0.717) is 44.9 Å². The predicted octanol–water partition coefficient (Wildman–Crippen LogP) is 6.23. The molecule has 3 N–H and O–H groups in total. The van der Waals surface area contributed by atoms with Crippen LogP contribution in [0.1, 0.15) is 6.92 Å².